The number of hydrogen-bond donors (Lipinski definition) is 1. The van der Waals surface area contributed by atoms with Crippen molar-refractivity contribution in [3.8, 4) is 0 Å². The highest BCUT2D eigenvalue weighted by atomic mass is 14.9. The van der Waals surface area contributed by atoms with E-state index in [1.165, 1.54) is 12.8 Å². The molecule has 0 saturated carbocycles. The lowest BCUT2D eigenvalue weighted by atomic mass is 9.72. The molecule has 0 heterocycles. The van der Waals surface area contributed by atoms with Gasteiger partial charge in [-0.15, -0.1) is 0 Å². The van der Waals surface area contributed by atoms with E-state index in [0.717, 1.165) is 0 Å². The SMILES string of the molecule is CCCC(C)(C)C(C)(C)NC. The molecule has 0 aliphatic carbocycles. The van der Waals surface area contributed by atoms with Crippen molar-refractivity contribution in [2.24, 2.45) is 5.41 Å². The molecule has 0 fully saturated rings. The summed E-state index contributed by atoms with van der Waals surface area (Å²) in [5, 5.41) is 3.37. The Bertz CT molecular complexity index is 114. The predicted octanol–water partition coefficient (Wildman–Crippen LogP) is 2.81. The summed E-state index contributed by atoms with van der Waals surface area (Å²) in [6, 6.07) is 0. The third kappa shape index (κ3) is 2.48. The third-order valence-corrected chi connectivity index (χ3v) is 3.19. The van der Waals surface area contributed by atoms with Crippen LogP contribution in [-0.2, 0) is 0 Å². The van der Waals surface area contributed by atoms with Crippen molar-refractivity contribution in [1.29, 1.82) is 0 Å². The van der Waals surface area contributed by atoms with Crippen LogP contribution in [-0.4, -0.2) is 12.6 Å². The van der Waals surface area contributed by atoms with Crippen molar-refractivity contribution in [2.75, 3.05) is 7.05 Å². The van der Waals surface area contributed by atoms with Gasteiger partial charge in [0.05, 0.1) is 0 Å². The highest BCUT2D eigenvalue weighted by Gasteiger charge is 2.34. The Hall–Kier alpha value is -0.0400. The summed E-state index contributed by atoms with van der Waals surface area (Å²) in [6.45, 7) is 11.4. The topological polar surface area (TPSA) is 12.0 Å². The molecule has 0 amide bonds. The second kappa shape index (κ2) is 3.57. The molecule has 11 heavy (non-hydrogen) atoms. The van der Waals surface area contributed by atoms with Gasteiger partial charge in [0, 0.05) is 5.54 Å². The molecule has 0 unspecified atom stereocenters. The van der Waals surface area contributed by atoms with E-state index in [1.807, 2.05) is 7.05 Å². The monoisotopic (exact) mass is 157 g/mol. The maximum Gasteiger partial charge on any atom is 0.0173 e. The summed E-state index contributed by atoms with van der Waals surface area (Å²) < 4.78 is 0. The van der Waals surface area contributed by atoms with Gasteiger partial charge in [0.2, 0.25) is 0 Å². The maximum atomic E-state index is 3.37. The molecule has 0 aromatic carbocycles. The third-order valence-electron chi connectivity index (χ3n) is 3.19. The van der Waals surface area contributed by atoms with Gasteiger partial charge in [-0.25, -0.2) is 0 Å². The standard InChI is InChI=1S/C10H23N/c1-7-8-9(2,3)10(4,5)11-6/h11H,7-8H2,1-6H3. The van der Waals surface area contributed by atoms with Crippen LogP contribution in [0.15, 0.2) is 0 Å². The molecule has 0 aromatic rings. The minimum absolute atomic E-state index is 0.239. The van der Waals surface area contributed by atoms with Crippen molar-refractivity contribution < 1.29 is 0 Å². The molecule has 0 bridgehead atoms. The van der Waals surface area contributed by atoms with Gasteiger partial charge in [-0.05, 0) is 32.7 Å². The summed E-state index contributed by atoms with van der Waals surface area (Å²) in [4.78, 5) is 0. The van der Waals surface area contributed by atoms with E-state index >= 15 is 0 Å². The van der Waals surface area contributed by atoms with Crippen LogP contribution >= 0.6 is 0 Å². The fourth-order valence-corrected chi connectivity index (χ4v) is 1.28. The number of hydrogen-bond acceptors (Lipinski definition) is 1. The molecule has 0 rings (SSSR count). The lowest BCUT2D eigenvalue weighted by Gasteiger charge is -2.41. The number of nitrogens with one attached hydrogen (secondary N) is 1. The maximum absolute atomic E-state index is 3.37. The Balaban J connectivity index is 4.26. The molecule has 68 valence electrons. The van der Waals surface area contributed by atoms with Crippen molar-refractivity contribution in [3.63, 3.8) is 0 Å². The van der Waals surface area contributed by atoms with Crippen molar-refractivity contribution >= 4 is 0 Å². The molecule has 0 radical (unpaired) electrons. The molecule has 1 heteroatoms. The Kier molecular flexibility index (Phi) is 3.56. The van der Waals surface area contributed by atoms with Gasteiger partial charge < -0.3 is 5.32 Å². The Labute approximate surface area is 71.6 Å². The second-order valence-corrected chi connectivity index (χ2v) is 4.51. The first-order chi connectivity index (χ1) is 4.87. The minimum atomic E-state index is 0.239. The predicted molar refractivity (Wildman–Crippen MR) is 51.8 cm³/mol. The first kappa shape index (κ1) is 11.0. The molecule has 0 saturated heterocycles. The zero-order valence-electron chi connectivity index (χ0n) is 8.91. The molecule has 0 aliphatic heterocycles. The molecule has 1 N–H and O–H groups in total. The molecule has 0 atom stereocenters. The van der Waals surface area contributed by atoms with Gasteiger partial charge >= 0.3 is 0 Å². The Morgan fingerprint density at radius 3 is 1.82 bits per heavy atom. The number of rotatable bonds is 4. The fraction of sp³-hybridized carbons (Fsp3) is 1.00. The zero-order valence-corrected chi connectivity index (χ0v) is 8.91. The normalized spacial score (nSPS) is 13.6. The van der Waals surface area contributed by atoms with E-state index in [-0.39, 0.29) is 5.54 Å². The first-order valence-electron chi connectivity index (χ1n) is 4.56. The van der Waals surface area contributed by atoms with Crippen LogP contribution in [0, 0.1) is 5.41 Å². The van der Waals surface area contributed by atoms with E-state index in [4.69, 9.17) is 0 Å². The first-order valence-corrected chi connectivity index (χ1v) is 4.56. The summed E-state index contributed by atoms with van der Waals surface area (Å²) in [5.41, 5.74) is 0.625. The Morgan fingerprint density at radius 1 is 1.09 bits per heavy atom. The smallest absolute Gasteiger partial charge is 0.0173 e. The van der Waals surface area contributed by atoms with E-state index in [2.05, 4.69) is 39.9 Å². The molecule has 0 aromatic heterocycles. The quantitative estimate of drug-likeness (QED) is 0.661. The zero-order chi connectivity index (χ0) is 9.12. The lowest BCUT2D eigenvalue weighted by molar-refractivity contribution is 0.150. The van der Waals surface area contributed by atoms with Crippen LogP contribution in [0.4, 0.5) is 0 Å². The van der Waals surface area contributed by atoms with Crippen LogP contribution in [0.5, 0.6) is 0 Å². The lowest BCUT2D eigenvalue weighted by Crippen LogP contribution is -2.49. The van der Waals surface area contributed by atoms with E-state index in [9.17, 15) is 0 Å². The van der Waals surface area contributed by atoms with Gasteiger partial charge in [-0.2, -0.15) is 0 Å². The van der Waals surface area contributed by atoms with E-state index < -0.39 is 0 Å². The molecular formula is C10H23N. The Morgan fingerprint density at radius 2 is 1.55 bits per heavy atom. The van der Waals surface area contributed by atoms with Gasteiger partial charge in [0.25, 0.3) is 0 Å². The van der Waals surface area contributed by atoms with E-state index in [1.54, 1.807) is 0 Å². The van der Waals surface area contributed by atoms with Crippen molar-refractivity contribution in [2.45, 2.75) is 53.0 Å². The molecule has 0 aliphatic rings. The van der Waals surface area contributed by atoms with Gasteiger partial charge in [-0.3, -0.25) is 0 Å². The van der Waals surface area contributed by atoms with Gasteiger partial charge in [0.15, 0.2) is 0 Å². The largest absolute Gasteiger partial charge is 0.314 e. The van der Waals surface area contributed by atoms with Crippen LogP contribution in [0.2, 0.25) is 0 Å². The highest BCUT2D eigenvalue weighted by molar-refractivity contribution is 4.91. The van der Waals surface area contributed by atoms with Crippen LogP contribution in [0.1, 0.15) is 47.5 Å². The fourth-order valence-electron chi connectivity index (χ4n) is 1.28. The van der Waals surface area contributed by atoms with Crippen LogP contribution < -0.4 is 5.32 Å². The second-order valence-electron chi connectivity index (χ2n) is 4.51. The van der Waals surface area contributed by atoms with Crippen molar-refractivity contribution in [3.05, 3.63) is 0 Å². The molecule has 0 spiro atoms. The molecular weight excluding hydrogens is 134 g/mol. The van der Waals surface area contributed by atoms with E-state index in [0.29, 0.717) is 5.41 Å². The summed E-state index contributed by atoms with van der Waals surface area (Å²) in [7, 11) is 2.04. The van der Waals surface area contributed by atoms with Crippen molar-refractivity contribution in [1.82, 2.24) is 5.32 Å². The highest BCUT2D eigenvalue weighted by Crippen LogP contribution is 2.34. The summed E-state index contributed by atoms with van der Waals surface area (Å²) in [6.07, 6.45) is 2.54. The van der Waals surface area contributed by atoms with Gasteiger partial charge in [-0.1, -0.05) is 27.2 Å². The summed E-state index contributed by atoms with van der Waals surface area (Å²) >= 11 is 0. The van der Waals surface area contributed by atoms with Crippen LogP contribution in [0.3, 0.4) is 0 Å². The van der Waals surface area contributed by atoms with Gasteiger partial charge in [0.1, 0.15) is 0 Å². The average Bonchev–Trinajstić information content (AvgIpc) is 1.87. The summed E-state index contributed by atoms with van der Waals surface area (Å²) in [5.74, 6) is 0. The average molecular weight is 157 g/mol. The van der Waals surface area contributed by atoms with Crippen LogP contribution in [0.25, 0.3) is 0 Å². The minimum Gasteiger partial charge on any atom is -0.314 e. The molecule has 1 nitrogen and oxygen atoms in total.